The Morgan fingerprint density at radius 3 is 2.36 bits per heavy atom. The van der Waals surface area contributed by atoms with Gasteiger partial charge in [0, 0.05) is 17.7 Å². The molecule has 2 aromatic carbocycles. The summed E-state index contributed by atoms with van der Waals surface area (Å²) in [6, 6.07) is 14.8. The first kappa shape index (κ1) is 17.2. The molecule has 0 unspecified atom stereocenters. The number of aryl methyl sites for hydroxylation is 2. The van der Waals surface area contributed by atoms with Crippen molar-refractivity contribution in [3.63, 3.8) is 0 Å². The quantitative estimate of drug-likeness (QED) is 0.394. The van der Waals surface area contributed by atoms with E-state index in [2.05, 4.69) is 81.4 Å². The monoisotopic (exact) mass is 329 g/mol. The SMILES string of the molecule is [C-]#[N+]c1cccc2c1ccc(-c1cc(C(C)(C)C)cc(C)c1C)[n+]2C. The molecule has 2 heteroatoms. The zero-order valence-electron chi connectivity index (χ0n) is 15.9. The van der Waals surface area contributed by atoms with Crippen LogP contribution in [0.5, 0.6) is 0 Å². The third kappa shape index (κ3) is 2.91. The molecular weight excluding hydrogens is 304 g/mol. The minimum atomic E-state index is 0.111. The second-order valence-corrected chi connectivity index (χ2v) is 7.82. The number of fused-ring (bicyclic) bond motifs is 1. The topological polar surface area (TPSA) is 8.24 Å². The van der Waals surface area contributed by atoms with Gasteiger partial charge in [0.05, 0.1) is 12.0 Å². The second-order valence-electron chi connectivity index (χ2n) is 7.82. The minimum Gasteiger partial charge on any atom is -0.237 e. The van der Waals surface area contributed by atoms with Gasteiger partial charge in [-0.15, -0.1) is 0 Å². The van der Waals surface area contributed by atoms with Gasteiger partial charge in [0.2, 0.25) is 16.9 Å². The predicted octanol–water partition coefficient (Wildman–Crippen LogP) is 5.80. The van der Waals surface area contributed by atoms with Crippen LogP contribution in [0.25, 0.3) is 27.0 Å². The first-order valence-electron chi connectivity index (χ1n) is 8.65. The molecule has 1 aromatic heterocycles. The molecule has 25 heavy (non-hydrogen) atoms. The lowest BCUT2D eigenvalue weighted by atomic mass is 9.83. The Morgan fingerprint density at radius 1 is 1.00 bits per heavy atom. The van der Waals surface area contributed by atoms with Crippen molar-refractivity contribution in [2.75, 3.05) is 0 Å². The van der Waals surface area contributed by atoms with Crippen LogP contribution in [0.1, 0.15) is 37.5 Å². The Bertz CT molecular complexity index is 1010. The molecule has 0 radical (unpaired) electrons. The molecule has 0 saturated heterocycles. The molecule has 0 N–H and O–H groups in total. The lowest BCUT2D eigenvalue weighted by Gasteiger charge is -2.22. The molecule has 0 aliphatic rings. The number of aromatic nitrogens is 1. The molecule has 2 nitrogen and oxygen atoms in total. The Balaban J connectivity index is 2.33. The van der Waals surface area contributed by atoms with Gasteiger partial charge in [0.15, 0.2) is 0 Å². The smallest absolute Gasteiger partial charge is 0.212 e. The fourth-order valence-corrected chi connectivity index (χ4v) is 3.33. The van der Waals surface area contributed by atoms with Gasteiger partial charge in [0.1, 0.15) is 7.05 Å². The van der Waals surface area contributed by atoms with E-state index in [1.807, 2.05) is 12.1 Å². The van der Waals surface area contributed by atoms with Crippen molar-refractivity contribution in [3.8, 4) is 11.3 Å². The number of hydrogen-bond acceptors (Lipinski definition) is 0. The summed E-state index contributed by atoms with van der Waals surface area (Å²) >= 11 is 0. The van der Waals surface area contributed by atoms with Gasteiger partial charge in [-0.1, -0.05) is 45.0 Å². The number of hydrogen-bond donors (Lipinski definition) is 0. The van der Waals surface area contributed by atoms with E-state index in [9.17, 15) is 0 Å². The van der Waals surface area contributed by atoms with Crippen molar-refractivity contribution in [1.82, 2.24) is 0 Å². The van der Waals surface area contributed by atoms with Crippen LogP contribution >= 0.6 is 0 Å². The maximum atomic E-state index is 7.39. The zero-order chi connectivity index (χ0) is 18.4. The fraction of sp³-hybridized carbons (Fsp3) is 0.304. The molecule has 0 fully saturated rings. The number of nitrogens with zero attached hydrogens (tertiary/aromatic N) is 2. The molecule has 3 aromatic rings. The van der Waals surface area contributed by atoms with Crippen LogP contribution in [0.2, 0.25) is 0 Å². The Morgan fingerprint density at radius 2 is 1.72 bits per heavy atom. The third-order valence-corrected chi connectivity index (χ3v) is 5.12. The van der Waals surface area contributed by atoms with Crippen molar-refractivity contribution in [3.05, 3.63) is 70.6 Å². The highest BCUT2D eigenvalue weighted by Crippen LogP contribution is 2.32. The van der Waals surface area contributed by atoms with Crippen LogP contribution in [0.15, 0.2) is 42.5 Å². The highest BCUT2D eigenvalue weighted by atomic mass is 14.9. The van der Waals surface area contributed by atoms with Gasteiger partial charge >= 0.3 is 0 Å². The van der Waals surface area contributed by atoms with Crippen LogP contribution in [0.4, 0.5) is 5.69 Å². The number of pyridine rings is 1. The largest absolute Gasteiger partial charge is 0.237 e. The molecule has 0 aliphatic carbocycles. The number of benzene rings is 2. The van der Waals surface area contributed by atoms with Crippen molar-refractivity contribution in [2.24, 2.45) is 7.05 Å². The van der Waals surface area contributed by atoms with Crippen molar-refractivity contribution >= 4 is 16.6 Å². The first-order chi connectivity index (χ1) is 11.7. The van der Waals surface area contributed by atoms with E-state index in [0.717, 1.165) is 10.9 Å². The molecule has 126 valence electrons. The summed E-state index contributed by atoms with van der Waals surface area (Å²) in [7, 11) is 2.09. The zero-order valence-corrected chi connectivity index (χ0v) is 15.9. The van der Waals surface area contributed by atoms with Crippen LogP contribution in [0, 0.1) is 20.4 Å². The maximum Gasteiger partial charge on any atom is 0.212 e. The highest BCUT2D eigenvalue weighted by molar-refractivity contribution is 5.90. The summed E-state index contributed by atoms with van der Waals surface area (Å²) in [5, 5.41) is 1.00. The van der Waals surface area contributed by atoms with E-state index < -0.39 is 0 Å². The summed E-state index contributed by atoms with van der Waals surface area (Å²) in [6.45, 7) is 18.5. The summed E-state index contributed by atoms with van der Waals surface area (Å²) in [5.41, 5.74) is 8.33. The first-order valence-corrected chi connectivity index (χ1v) is 8.65. The minimum absolute atomic E-state index is 0.111. The van der Waals surface area contributed by atoms with E-state index in [4.69, 9.17) is 6.57 Å². The molecule has 1 heterocycles. The van der Waals surface area contributed by atoms with E-state index in [0.29, 0.717) is 5.69 Å². The Labute approximate surface area is 150 Å². The third-order valence-electron chi connectivity index (χ3n) is 5.12. The molecule has 0 saturated carbocycles. The molecule has 3 rings (SSSR count). The fourth-order valence-electron chi connectivity index (χ4n) is 3.33. The van der Waals surface area contributed by atoms with Crippen LogP contribution in [-0.2, 0) is 12.5 Å². The molecule has 0 spiro atoms. The van der Waals surface area contributed by atoms with Crippen LogP contribution < -0.4 is 4.57 Å². The molecular formula is C23H25N2+. The van der Waals surface area contributed by atoms with E-state index in [-0.39, 0.29) is 5.41 Å². The number of rotatable bonds is 1. The van der Waals surface area contributed by atoms with Gasteiger partial charge in [-0.25, -0.2) is 4.85 Å². The summed E-state index contributed by atoms with van der Waals surface area (Å²) < 4.78 is 2.21. The second kappa shape index (κ2) is 6.01. The summed E-state index contributed by atoms with van der Waals surface area (Å²) in [4.78, 5) is 3.66. The van der Waals surface area contributed by atoms with Crippen molar-refractivity contribution in [2.45, 2.75) is 40.0 Å². The van der Waals surface area contributed by atoms with Crippen molar-refractivity contribution in [1.29, 1.82) is 0 Å². The standard InChI is InChI=1S/C23H25N2/c1-15-13-17(23(3,4)5)14-19(16(15)2)22-12-11-18-20(24-6)9-8-10-21(18)25(22)7/h8-14H,1-5,7H3/q+1. The average molecular weight is 329 g/mol. The maximum absolute atomic E-state index is 7.39. The Kier molecular flexibility index (Phi) is 4.13. The van der Waals surface area contributed by atoms with Crippen LogP contribution in [-0.4, -0.2) is 0 Å². The van der Waals surface area contributed by atoms with Gasteiger partial charge in [-0.2, -0.15) is 4.57 Å². The van der Waals surface area contributed by atoms with Gasteiger partial charge in [0.25, 0.3) is 0 Å². The van der Waals surface area contributed by atoms with Gasteiger partial charge in [-0.3, -0.25) is 0 Å². The molecule has 0 amide bonds. The molecule has 0 atom stereocenters. The average Bonchev–Trinajstić information content (AvgIpc) is 2.56. The summed E-state index contributed by atoms with van der Waals surface area (Å²) in [5.74, 6) is 0. The lowest BCUT2D eigenvalue weighted by Crippen LogP contribution is -2.32. The molecule has 0 bridgehead atoms. The predicted molar refractivity (Wildman–Crippen MR) is 105 cm³/mol. The summed E-state index contributed by atoms with van der Waals surface area (Å²) in [6.07, 6.45) is 0. The van der Waals surface area contributed by atoms with Crippen LogP contribution in [0.3, 0.4) is 0 Å². The van der Waals surface area contributed by atoms with E-state index in [1.165, 1.54) is 27.9 Å². The highest BCUT2D eigenvalue weighted by Gasteiger charge is 2.22. The van der Waals surface area contributed by atoms with Crippen molar-refractivity contribution < 1.29 is 4.57 Å². The normalized spacial score (nSPS) is 11.6. The lowest BCUT2D eigenvalue weighted by molar-refractivity contribution is -0.633. The Hall–Kier alpha value is -2.66. The van der Waals surface area contributed by atoms with E-state index >= 15 is 0 Å². The van der Waals surface area contributed by atoms with E-state index in [1.54, 1.807) is 0 Å². The van der Waals surface area contributed by atoms with Gasteiger partial charge in [-0.05, 0) is 42.0 Å². The van der Waals surface area contributed by atoms with Gasteiger partial charge < -0.3 is 0 Å². The molecule has 0 aliphatic heterocycles.